The van der Waals surface area contributed by atoms with Gasteiger partial charge in [-0.3, -0.25) is 0 Å². The van der Waals surface area contributed by atoms with E-state index in [4.69, 9.17) is 4.74 Å². The fourth-order valence-corrected chi connectivity index (χ4v) is 1.36. The van der Waals surface area contributed by atoms with E-state index in [2.05, 4.69) is 24.5 Å². The molecule has 0 aliphatic rings. The maximum Gasteiger partial charge on any atom is 0.338 e. The van der Waals surface area contributed by atoms with E-state index in [-0.39, 0.29) is 5.97 Å². The quantitative estimate of drug-likeness (QED) is 0.483. The third-order valence-electron chi connectivity index (χ3n) is 2.11. The van der Waals surface area contributed by atoms with Crippen molar-refractivity contribution in [1.29, 1.82) is 0 Å². The van der Waals surface area contributed by atoms with E-state index in [9.17, 15) is 4.79 Å². The summed E-state index contributed by atoms with van der Waals surface area (Å²) >= 11 is 4.07. The second-order valence-corrected chi connectivity index (χ2v) is 3.74. The lowest BCUT2D eigenvalue weighted by molar-refractivity contribution is 0.0600. The van der Waals surface area contributed by atoms with Gasteiger partial charge in [0.05, 0.1) is 12.7 Å². The molecule has 1 rings (SSSR count). The van der Waals surface area contributed by atoms with Crippen molar-refractivity contribution in [3.63, 3.8) is 0 Å². The number of hydrogen-bond acceptors (Lipinski definition) is 3. The summed E-state index contributed by atoms with van der Waals surface area (Å²) in [5.74, 6) is 6.38. The molecular weight excluding hydrogens is 220 g/mol. The average Bonchev–Trinajstić information content (AvgIpc) is 2.30. The van der Waals surface area contributed by atoms with Crippen LogP contribution in [0.1, 0.15) is 27.9 Å². The molecule has 0 saturated heterocycles. The van der Waals surface area contributed by atoms with E-state index in [1.165, 1.54) is 7.11 Å². The first-order valence-electron chi connectivity index (χ1n) is 4.97. The Hall–Kier alpha value is -1.40. The van der Waals surface area contributed by atoms with Gasteiger partial charge in [-0.25, -0.2) is 4.79 Å². The van der Waals surface area contributed by atoms with Crippen LogP contribution in [-0.4, -0.2) is 18.8 Å². The van der Waals surface area contributed by atoms with Gasteiger partial charge in [-0.2, -0.15) is 12.6 Å². The van der Waals surface area contributed by atoms with E-state index in [1.54, 1.807) is 6.07 Å². The Bertz CT molecular complexity index is 441. The summed E-state index contributed by atoms with van der Waals surface area (Å²) in [6, 6.07) is 5.52. The van der Waals surface area contributed by atoms with Crippen LogP contribution in [0.4, 0.5) is 0 Å². The summed E-state index contributed by atoms with van der Waals surface area (Å²) in [5, 5.41) is 0. The zero-order chi connectivity index (χ0) is 12.0. The molecule has 0 bridgehead atoms. The van der Waals surface area contributed by atoms with Gasteiger partial charge >= 0.3 is 5.97 Å². The first-order chi connectivity index (χ1) is 7.69. The molecular formula is C13H14O2S. The average molecular weight is 234 g/mol. The second kappa shape index (κ2) is 6.24. The maximum atomic E-state index is 11.4. The predicted molar refractivity (Wildman–Crippen MR) is 67.9 cm³/mol. The molecule has 0 aliphatic carbocycles. The minimum Gasteiger partial charge on any atom is -0.465 e. The van der Waals surface area contributed by atoms with Gasteiger partial charge in [0.1, 0.15) is 0 Å². The van der Waals surface area contributed by atoms with Crippen LogP contribution in [0.3, 0.4) is 0 Å². The topological polar surface area (TPSA) is 26.3 Å². The molecule has 1 aromatic rings. The minimum atomic E-state index is -0.324. The minimum absolute atomic E-state index is 0.324. The molecule has 0 aromatic heterocycles. The fraction of sp³-hybridized carbons (Fsp3) is 0.308. The molecule has 0 heterocycles. The van der Waals surface area contributed by atoms with E-state index < -0.39 is 0 Å². The van der Waals surface area contributed by atoms with Gasteiger partial charge in [-0.05, 0) is 24.6 Å². The number of rotatable bonds is 2. The van der Waals surface area contributed by atoms with Crippen LogP contribution in [0.2, 0.25) is 0 Å². The molecule has 0 spiro atoms. The largest absolute Gasteiger partial charge is 0.465 e. The lowest BCUT2D eigenvalue weighted by atomic mass is 10.1. The van der Waals surface area contributed by atoms with Gasteiger partial charge in [0, 0.05) is 17.7 Å². The number of aryl methyl sites for hydroxylation is 1. The van der Waals surface area contributed by atoms with Crippen molar-refractivity contribution in [3.05, 3.63) is 34.9 Å². The highest BCUT2D eigenvalue weighted by Gasteiger charge is 2.08. The molecule has 0 saturated carbocycles. The number of methoxy groups -OCH3 is 1. The highest BCUT2D eigenvalue weighted by Crippen LogP contribution is 2.11. The smallest absolute Gasteiger partial charge is 0.338 e. The summed E-state index contributed by atoms with van der Waals surface area (Å²) in [5.41, 5.74) is 2.29. The van der Waals surface area contributed by atoms with Gasteiger partial charge in [0.2, 0.25) is 0 Å². The number of carbonyl (C=O) groups is 1. The normalized spacial score (nSPS) is 9.19. The van der Waals surface area contributed by atoms with E-state index >= 15 is 0 Å². The number of hydrogen-bond donors (Lipinski definition) is 1. The van der Waals surface area contributed by atoms with E-state index in [1.807, 2.05) is 19.1 Å². The Morgan fingerprint density at radius 2 is 2.25 bits per heavy atom. The Kier molecular flexibility index (Phi) is 4.94. The van der Waals surface area contributed by atoms with E-state index in [0.717, 1.165) is 23.3 Å². The van der Waals surface area contributed by atoms with Crippen LogP contribution in [-0.2, 0) is 4.74 Å². The maximum absolute atomic E-state index is 11.4. The molecule has 0 fully saturated rings. The second-order valence-electron chi connectivity index (χ2n) is 3.30. The van der Waals surface area contributed by atoms with Crippen molar-refractivity contribution >= 4 is 18.6 Å². The monoisotopic (exact) mass is 234 g/mol. The number of benzene rings is 1. The van der Waals surface area contributed by atoms with Gasteiger partial charge < -0.3 is 4.74 Å². The summed E-state index contributed by atoms with van der Waals surface area (Å²) in [7, 11) is 1.38. The highest BCUT2D eigenvalue weighted by atomic mass is 32.1. The van der Waals surface area contributed by atoms with Crippen LogP contribution in [0.25, 0.3) is 0 Å². The van der Waals surface area contributed by atoms with Crippen molar-refractivity contribution in [2.75, 3.05) is 12.9 Å². The van der Waals surface area contributed by atoms with Gasteiger partial charge in [-0.1, -0.05) is 17.9 Å². The molecule has 0 aliphatic heterocycles. The lowest BCUT2D eigenvalue weighted by Gasteiger charge is -2.03. The number of carbonyl (C=O) groups excluding carboxylic acids is 1. The molecule has 2 nitrogen and oxygen atoms in total. The van der Waals surface area contributed by atoms with Crippen LogP contribution in [0.15, 0.2) is 18.2 Å². The summed E-state index contributed by atoms with van der Waals surface area (Å²) in [6.45, 7) is 1.87. The van der Waals surface area contributed by atoms with Crippen LogP contribution in [0, 0.1) is 18.8 Å². The predicted octanol–water partition coefficient (Wildman–Crippen LogP) is 2.45. The Labute approximate surface area is 101 Å². The SMILES string of the molecule is COC(=O)c1cc(C#CCCS)ccc1C. The molecule has 0 unspecified atom stereocenters. The van der Waals surface area contributed by atoms with Gasteiger partial charge in [-0.15, -0.1) is 0 Å². The third-order valence-corrected chi connectivity index (χ3v) is 2.34. The Morgan fingerprint density at radius 1 is 1.50 bits per heavy atom. The van der Waals surface area contributed by atoms with Crippen molar-refractivity contribution in [1.82, 2.24) is 0 Å². The summed E-state index contributed by atoms with van der Waals surface area (Å²) in [6.07, 6.45) is 0.741. The molecule has 0 atom stereocenters. The first kappa shape index (κ1) is 12.7. The highest BCUT2D eigenvalue weighted by molar-refractivity contribution is 7.80. The van der Waals surface area contributed by atoms with Crippen molar-refractivity contribution < 1.29 is 9.53 Å². The van der Waals surface area contributed by atoms with Crippen LogP contribution >= 0.6 is 12.6 Å². The molecule has 0 amide bonds. The van der Waals surface area contributed by atoms with Crippen LogP contribution < -0.4 is 0 Å². The molecule has 16 heavy (non-hydrogen) atoms. The van der Waals surface area contributed by atoms with Crippen molar-refractivity contribution in [2.24, 2.45) is 0 Å². The zero-order valence-corrected chi connectivity index (χ0v) is 10.3. The number of ether oxygens (including phenoxy) is 1. The molecule has 3 heteroatoms. The van der Waals surface area contributed by atoms with Crippen LogP contribution in [0.5, 0.6) is 0 Å². The van der Waals surface area contributed by atoms with Gasteiger partial charge in [0.15, 0.2) is 0 Å². The van der Waals surface area contributed by atoms with Crippen molar-refractivity contribution in [3.8, 4) is 11.8 Å². The molecule has 0 radical (unpaired) electrons. The van der Waals surface area contributed by atoms with E-state index in [0.29, 0.717) is 5.56 Å². The third kappa shape index (κ3) is 3.32. The van der Waals surface area contributed by atoms with Crippen molar-refractivity contribution in [2.45, 2.75) is 13.3 Å². The van der Waals surface area contributed by atoms with Gasteiger partial charge in [0.25, 0.3) is 0 Å². The number of esters is 1. The molecule has 1 aromatic carbocycles. The Morgan fingerprint density at radius 3 is 2.88 bits per heavy atom. The summed E-state index contributed by atoms with van der Waals surface area (Å²) in [4.78, 5) is 11.4. The summed E-state index contributed by atoms with van der Waals surface area (Å²) < 4.78 is 4.70. The molecule has 84 valence electrons. The molecule has 0 N–H and O–H groups in total. The fourth-order valence-electron chi connectivity index (χ4n) is 1.25. The Balaban J connectivity index is 2.99. The number of thiol groups is 1. The first-order valence-corrected chi connectivity index (χ1v) is 5.61. The zero-order valence-electron chi connectivity index (χ0n) is 9.41. The lowest BCUT2D eigenvalue weighted by Crippen LogP contribution is -2.03. The standard InChI is InChI=1S/C13H14O2S/c1-10-6-7-11(5-3-4-8-16)9-12(10)13(14)15-2/h6-7,9,16H,4,8H2,1-2H3.